The van der Waals surface area contributed by atoms with Crippen molar-refractivity contribution in [3.05, 3.63) is 35.1 Å². The van der Waals surface area contributed by atoms with Crippen molar-refractivity contribution in [3.8, 4) is 0 Å². The van der Waals surface area contributed by atoms with E-state index in [0.717, 1.165) is 49.8 Å². The van der Waals surface area contributed by atoms with Crippen LogP contribution < -0.4 is 0 Å². The van der Waals surface area contributed by atoms with Crippen molar-refractivity contribution in [2.75, 3.05) is 39.3 Å². The van der Waals surface area contributed by atoms with E-state index in [-0.39, 0.29) is 0 Å². The second-order valence-electron chi connectivity index (χ2n) is 5.35. The molecule has 3 aliphatic heterocycles. The molecule has 2 bridgehead atoms. The predicted octanol–water partition coefficient (Wildman–Crippen LogP) is 1.75. The molecule has 3 saturated heterocycles. The molecule has 0 saturated carbocycles. The van der Waals surface area contributed by atoms with Gasteiger partial charge < -0.3 is 4.48 Å². The summed E-state index contributed by atoms with van der Waals surface area (Å²) in [5.74, 6) is -3.48. The number of nitrogens with zero attached hydrogens (tertiary/aromatic N) is 2. The van der Waals surface area contributed by atoms with Crippen LogP contribution in [0.5, 0.6) is 0 Å². The number of quaternary nitrogens is 1. The fourth-order valence-electron chi connectivity index (χ4n) is 3.02. The van der Waals surface area contributed by atoms with Crippen LogP contribution in [0.2, 0.25) is 0 Å². The van der Waals surface area contributed by atoms with Crippen molar-refractivity contribution in [1.82, 2.24) is 4.90 Å². The van der Waals surface area contributed by atoms with E-state index in [4.69, 9.17) is 0 Å². The van der Waals surface area contributed by atoms with Gasteiger partial charge in [-0.1, -0.05) is 0 Å². The molecule has 5 heteroatoms. The average molecular weight is 257 g/mol. The molecule has 0 spiro atoms. The molecule has 0 atom stereocenters. The maximum atomic E-state index is 13.7. The molecule has 1 aromatic rings. The summed E-state index contributed by atoms with van der Waals surface area (Å²) in [5, 5.41) is 0. The molecule has 18 heavy (non-hydrogen) atoms. The van der Waals surface area contributed by atoms with Gasteiger partial charge in [0.25, 0.3) is 0 Å². The van der Waals surface area contributed by atoms with Crippen molar-refractivity contribution in [2.45, 2.75) is 6.54 Å². The molecule has 3 aliphatic rings. The Bertz CT molecular complexity index is 454. The van der Waals surface area contributed by atoms with Gasteiger partial charge in [-0.25, -0.2) is 13.2 Å². The minimum Gasteiger partial charge on any atom is -0.317 e. The molecule has 1 aromatic carbocycles. The van der Waals surface area contributed by atoms with Crippen molar-refractivity contribution in [3.63, 3.8) is 0 Å². The van der Waals surface area contributed by atoms with E-state index in [9.17, 15) is 13.2 Å². The monoisotopic (exact) mass is 257 g/mol. The summed E-state index contributed by atoms with van der Waals surface area (Å²) in [6.45, 7) is 6.44. The lowest BCUT2D eigenvalue weighted by molar-refractivity contribution is -0.953. The van der Waals surface area contributed by atoms with Gasteiger partial charge in [-0.3, -0.25) is 4.90 Å². The Kier molecular flexibility index (Phi) is 2.83. The third kappa shape index (κ3) is 1.91. The number of hydrogen-bond acceptors (Lipinski definition) is 1. The van der Waals surface area contributed by atoms with Gasteiger partial charge in [0.2, 0.25) is 0 Å². The lowest BCUT2D eigenvalue weighted by atomic mass is 10.1. The van der Waals surface area contributed by atoms with E-state index < -0.39 is 17.5 Å². The fourth-order valence-corrected chi connectivity index (χ4v) is 3.02. The molecule has 0 aromatic heterocycles. The van der Waals surface area contributed by atoms with Crippen molar-refractivity contribution in [1.29, 1.82) is 0 Å². The smallest absolute Gasteiger partial charge is 0.194 e. The summed E-state index contributed by atoms with van der Waals surface area (Å²) in [4.78, 5) is 2.39. The Morgan fingerprint density at radius 3 is 2.17 bits per heavy atom. The lowest BCUT2D eigenvalue weighted by Gasteiger charge is -2.50. The van der Waals surface area contributed by atoms with Crippen LogP contribution in [0.4, 0.5) is 13.2 Å². The third-order valence-corrected chi connectivity index (χ3v) is 4.29. The zero-order chi connectivity index (χ0) is 12.8. The van der Waals surface area contributed by atoms with E-state index in [2.05, 4.69) is 4.90 Å². The van der Waals surface area contributed by atoms with Crippen molar-refractivity contribution >= 4 is 0 Å². The first-order valence-corrected chi connectivity index (χ1v) is 6.29. The van der Waals surface area contributed by atoms with Gasteiger partial charge in [-0.2, -0.15) is 0 Å². The number of piperazine rings is 3. The topological polar surface area (TPSA) is 3.24 Å². The van der Waals surface area contributed by atoms with E-state index in [0.29, 0.717) is 12.1 Å². The van der Waals surface area contributed by atoms with Crippen LogP contribution in [0, 0.1) is 17.5 Å². The summed E-state index contributed by atoms with van der Waals surface area (Å²) >= 11 is 0. The van der Waals surface area contributed by atoms with Crippen LogP contribution in [0.3, 0.4) is 0 Å². The molecule has 0 amide bonds. The van der Waals surface area contributed by atoms with Crippen LogP contribution in [0.25, 0.3) is 0 Å². The van der Waals surface area contributed by atoms with Gasteiger partial charge >= 0.3 is 0 Å². The molecular weight excluding hydrogens is 241 g/mol. The normalized spacial score (nSPS) is 30.7. The van der Waals surface area contributed by atoms with Crippen LogP contribution in [-0.4, -0.2) is 48.7 Å². The number of halogens is 3. The molecule has 0 radical (unpaired) electrons. The van der Waals surface area contributed by atoms with Crippen LogP contribution in [0.15, 0.2) is 12.1 Å². The van der Waals surface area contributed by atoms with Gasteiger partial charge in [-0.15, -0.1) is 0 Å². The first kappa shape index (κ1) is 12.0. The summed E-state index contributed by atoms with van der Waals surface area (Å²) < 4.78 is 40.6. The van der Waals surface area contributed by atoms with Crippen LogP contribution >= 0.6 is 0 Å². The van der Waals surface area contributed by atoms with Gasteiger partial charge in [0, 0.05) is 25.2 Å². The second-order valence-corrected chi connectivity index (χ2v) is 5.35. The van der Waals surface area contributed by atoms with Crippen LogP contribution in [-0.2, 0) is 6.54 Å². The maximum absolute atomic E-state index is 13.7. The molecular formula is C13H16F3N2+. The Morgan fingerprint density at radius 2 is 1.56 bits per heavy atom. The Hall–Kier alpha value is -1.07. The Labute approximate surface area is 104 Å². The van der Waals surface area contributed by atoms with E-state index in [1.54, 1.807) is 0 Å². The van der Waals surface area contributed by atoms with Gasteiger partial charge in [-0.05, 0) is 12.1 Å². The number of fused-ring (bicyclic) bond motifs is 3. The number of benzene rings is 1. The second kappa shape index (κ2) is 4.24. The minimum absolute atomic E-state index is 0.296. The van der Waals surface area contributed by atoms with E-state index in [1.165, 1.54) is 6.07 Å². The Morgan fingerprint density at radius 1 is 0.944 bits per heavy atom. The molecule has 3 heterocycles. The average Bonchev–Trinajstić information content (AvgIpc) is 2.42. The summed E-state index contributed by atoms with van der Waals surface area (Å²) in [6, 6.07) is 2.40. The fraction of sp³-hybridized carbons (Fsp3) is 0.538. The first-order valence-electron chi connectivity index (χ1n) is 6.29. The zero-order valence-electron chi connectivity index (χ0n) is 10.1. The van der Waals surface area contributed by atoms with E-state index >= 15 is 0 Å². The molecule has 0 aliphatic carbocycles. The summed E-state index contributed by atoms with van der Waals surface area (Å²) in [6.07, 6.45) is 0. The predicted molar refractivity (Wildman–Crippen MR) is 61.3 cm³/mol. The van der Waals surface area contributed by atoms with Crippen molar-refractivity contribution < 1.29 is 17.7 Å². The quantitative estimate of drug-likeness (QED) is 0.576. The van der Waals surface area contributed by atoms with E-state index in [1.807, 2.05) is 0 Å². The lowest BCUT2D eigenvalue weighted by Crippen LogP contribution is -2.66. The largest absolute Gasteiger partial charge is 0.317 e. The van der Waals surface area contributed by atoms with Gasteiger partial charge in [0.05, 0.1) is 19.6 Å². The summed E-state index contributed by atoms with van der Waals surface area (Å²) in [5.41, 5.74) is 0.296. The Balaban J connectivity index is 1.86. The zero-order valence-corrected chi connectivity index (χ0v) is 10.1. The summed E-state index contributed by atoms with van der Waals surface area (Å²) in [7, 11) is 0. The highest BCUT2D eigenvalue weighted by atomic mass is 19.2. The SMILES string of the molecule is Fc1ccc(C[N+]23CCN(CC2)CC3)c(F)c1F. The number of hydrogen-bond donors (Lipinski definition) is 0. The molecule has 0 unspecified atom stereocenters. The molecule has 98 valence electrons. The minimum atomic E-state index is -1.35. The van der Waals surface area contributed by atoms with Crippen LogP contribution in [0.1, 0.15) is 5.56 Å². The highest BCUT2D eigenvalue weighted by Crippen LogP contribution is 2.25. The molecule has 2 nitrogen and oxygen atoms in total. The van der Waals surface area contributed by atoms with Gasteiger partial charge in [0.1, 0.15) is 6.54 Å². The molecule has 4 rings (SSSR count). The highest BCUT2D eigenvalue weighted by Gasteiger charge is 2.39. The standard InChI is InChI=1S/C13H16F3N2/c14-11-2-1-10(12(15)13(11)16)9-18-6-3-17(4-7-18)5-8-18/h1-2H,3-9H2/q+1. The third-order valence-electron chi connectivity index (χ3n) is 4.29. The maximum Gasteiger partial charge on any atom is 0.194 e. The van der Waals surface area contributed by atoms with Crippen molar-refractivity contribution in [2.24, 2.45) is 0 Å². The number of rotatable bonds is 2. The molecule has 3 fully saturated rings. The highest BCUT2D eigenvalue weighted by molar-refractivity contribution is 5.19. The first-order chi connectivity index (χ1) is 8.60. The molecule has 0 N–H and O–H groups in total. The van der Waals surface area contributed by atoms with Gasteiger partial charge in [0.15, 0.2) is 17.5 Å².